The van der Waals surface area contributed by atoms with Gasteiger partial charge in [0.2, 0.25) is 5.69 Å². The number of carbonyl (C=O) groups is 1. The average Bonchev–Trinajstić information content (AvgIpc) is 2.57. The number of H-pyrrole nitrogens is 1. The van der Waals surface area contributed by atoms with Crippen LogP contribution < -0.4 is 15.6 Å². The normalized spacial score (nSPS) is 12.0. The first kappa shape index (κ1) is 20.5. The molecule has 0 spiro atoms. The molecule has 0 saturated carbocycles. The van der Waals surface area contributed by atoms with E-state index in [4.69, 9.17) is 0 Å². The fourth-order valence-corrected chi connectivity index (χ4v) is 2.16. The summed E-state index contributed by atoms with van der Waals surface area (Å²) in [6.45, 7) is 1.40. The highest BCUT2D eigenvalue weighted by molar-refractivity contribution is 5.95. The number of amides is 1. The van der Waals surface area contributed by atoms with Crippen molar-refractivity contribution in [3.05, 3.63) is 53.0 Å². The van der Waals surface area contributed by atoms with Crippen LogP contribution in [0.5, 0.6) is 0 Å². The molecule has 5 nitrogen and oxygen atoms in total. The van der Waals surface area contributed by atoms with E-state index in [1.165, 1.54) is 19.1 Å². The molecule has 2 aromatic heterocycles. The summed E-state index contributed by atoms with van der Waals surface area (Å²) < 4.78 is 75.5. The van der Waals surface area contributed by atoms with Crippen molar-refractivity contribution >= 4 is 11.7 Å². The number of aromatic amines is 1. The molecule has 2 aromatic rings. The second-order valence-electron chi connectivity index (χ2n) is 5.49. The molecule has 0 aliphatic carbocycles. The van der Waals surface area contributed by atoms with Crippen LogP contribution >= 0.6 is 0 Å². The standard InChI is InChI=1S/C16H14F6N4O/c1-9-10(5-6-12(25-9)16(20,21)22)14(27)24-8-7-23-13-4-2-3-11(26-13)15(17,18)19/h2-6H,7-8H2,1H3,(H,23,26)(H,24,27)/p+1. The van der Waals surface area contributed by atoms with Gasteiger partial charge in [0.1, 0.15) is 12.2 Å². The zero-order valence-corrected chi connectivity index (χ0v) is 13.9. The molecule has 3 N–H and O–H groups in total. The Bertz CT molecular complexity index is 819. The maximum absolute atomic E-state index is 12.6. The minimum absolute atomic E-state index is 0.0198. The van der Waals surface area contributed by atoms with Gasteiger partial charge in [-0.2, -0.15) is 26.3 Å². The summed E-state index contributed by atoms with van der Waals surface area (Å²) in [6.07, 6.45) is -9.12. The van der Waals surface area contributed by atoms with Gasteiger partial charge in [-0.15, -0.1) is 0 Å². The van der Waals surface area contributed by atoms with Crippen LogP contribution in [0.1, 0.15) is 27.4 Å². The number of nitrogens with one attached hydrogen (secondary N) is 3. The Hall–Kier alpha value is -2.85. The van der Waals surface area contributed by atoms with Crippen molar-refractivity contribution in [1.82, 2.24) is 10.3 Å². The van der Waals surface area contributed by atoms with Crippen molar-refractivity contribution in [2.45, 2.75) is 19.3 Å². The largest absolute Gasteiger partial charge is 0.453 e. The Morgan fingerprint density at radius 2 is 1.74 bits per heavy atom. The summed E-state index contributed by atoms with van der Waals surface area (Å²) >= 11 is 0. The Balaban J connectivity index is 1.90. The smallest absolute Gasteiger partial charge is 0.348 e. The highest BCUT2D eigenvalue weighted by atomic mass is 19.4. The third-order valence-corrected chi connectivity index (χ3v) is 3.45. The van der Waals surface area contributed by atoms with E-state index in [2.05, 4.69) is 20.6 Å². The van der Waals surface area contributed by atoms with E-state index >= 15 is 0 Å². The van der Waals surface area contributed by atoms with Crippen molar-refractivity contribution < 1.29 is 36.1 Å². The quantitative estimate of drug-likeness (QED) is 0.606. The molecule has 11 heteroatoms. The number of halogens is 6. The maximum Gasteiger partial charge on any atom is 0.453 e. The van der Waals surface area contributed by atoms with Gasteiger partial charge in [0.15, 0.2) is 0 Å². The molecular formula is C16H15F6N4O+. The number of hydrogen-bond donors (Lipinski definition) is 2. The summed E-state index contributed by atoms with van der Waals surface area (Å²) in [5.41, 5.74) is -2.13. The lowest BCUT2D eigenvalue weighted by Crippen LogP contribution is -2.31. The van der Waals surface area contributed by atoms with Crippen LogP contribution in [0.15, 0.2) is 30.3 Å². The van der Waals surface area contributed by atoms with E-state index in [1.54, 1.807) is 0 Å². The Kier molecular flexibility index (Phi) is 5.91. The molecule has 0 aromatic carbocycles. The van der Waals surface area contributed by atoms with Gasteiger partial charge in [0, 0.05) is 6.07 Å². The molecule has 0 bridgehead atoms. The molecule has 0 radical (unpaired) electrons. The number of alkyl halides is 6. The van der Waals surface area contributed by atoms with Crippen molar-refractivity contribution in [2.75, 3.05) is 18.4 Å². The first-order valence-electron chi connectivity index (χ1n) is 7.65. The highest BCUT2D eigenvalue weighted by Gasteiger charge is 2.35. The van der Waals surface area contributed by atoms with Gasteiger partial charge >= 0.3 is 12.4 Å². The van der Waals surface area contributed by atoms with Crippen LogP contribution in [0.25, 0.3) is 0 Å². The minimum Gasteiger partial charge on any atom is -0.348 e. The number of rotatable bonds is 5. The van der Waals surface area contributed by atoms with Gasteiger partial charge in [-0.25, -0.2) is 9.97 Å². The predicted molar refractivity (Wildman–Crippen MR) is 82.8 cm³/mol. The van der Waals surface area contributed by atoms with Gasteiger partial charge in [0.05, 0.1) is 17.8 Å². The van der Waals surface area contributed by atoms with Gasteiger partial charge < -0.3 is 5.32 Å². The van der Waals surface area contributed by atoms with Gasteiger partial charge in [-0.3, -0.25) is 10.1 Å². The zero-order chi connectivity index (χ0) is 20.2. The molecule has 2 rings (SSSR count). The molecule has 27 heavy (non-hydrogen) atoms. The Morgan fingerprint density at radius 1 is 1.04 bits per heavy atom. The minimum atomic E-state index is -4.61. The molecule has 0 fully saturated rings. The van der Waals surface area contributed by atoms with Gasteiger partial charge in [-0.1, -0.05) is 0 Å². The molecule has 0 aliphatic rings. The summed E-state index contributed by atoms with van der Waals surface area (Å²) in [5, 5.41) is 5.13. The topological polar surface area (TPSA) is 68.2 Å². The zero-order valence-electron chi connectivity index (χ0n) is 13.9. The van der Waals surface area contributed by atoms with Crippen molar-refractivity contribution in [2.24, 2.45) is 0 Å². The highest BCUT2D eigenvalue weighted by Crippen LogP contribution is 2.28. The van der Waals surface area contributed by atoms with Gasteiger partial charge in [0.25, 0.3) is 11.7 Å². The SMILES string of the molecule is Cc1nc(C(F)(F)F)ccc1C(=O)NCCNc1cccc(C(F)(F)F)[nH+]1. The molecule has 0 unspecified atom stereocenters. The van der Waals surface area contributed by atoms with Crippen LogP contribution in [0.4, 0.5) is 32.2 Å². The summed E-state index contributed by atoms with van der Waals surface area (Å²) in [6, 6.07) is 5.22. The molecule has 1 amide bonds. The number of aryl methyl sites for hydroxylation is 1. The van der Waals surface area contributed by atoms with Crippen LogP contribution in [0, 0.1) is 6.92 Å². The predicted octanol–water partition coefficient (Wildman–Crippen LogP) is 3.08. The average molecular weight is 393 g/mol. The van der Waals surface area contributed by atoms with Crippen LogP contribution in [-0.4, -0.2) is 24.0 Å². The van der Waals surface area contributed by atoms with Gasteiger partial charge in [-0.05, 0) is 31.2 Å². The lowest BCUT2D eigenvalue weighted by Gasteiger charge is -2.10. The fraction of sp³-hybridized carbons (Fsp3) is 0.312. The maximum atomic E-state index is 12.6. The van der Waals surface area contributed by atoms with E-state index in [0.29, 0.717) is 6.07 Å². The molecule has 0 saturated heterocycles. The molecular weight excluding hydrogens is 378 g/mol. The van der Waals surface area contributed by atoms with E-state index in [-0.39, 0.29) is 30.2 Å². The first-order chi connectivity index (χ1) is 12.5. The molecule has 0 aliphatic heterocycles. The van der Waals surface area contributed by atoms with Crippen molar-refractivity contribution in [1.29, 1.82) is 0 Å². The fourth-order valence-electron chi connectivity index (χ4n) is 2.16. The summed E-state index contributed by atoms with van der Waals surface area (Å²) in [4.78, 5) is 17.5. The lowest BCUT2D eigenvalue weighted by atomic mass is 10.1. The van der Waals surface area contributed by atoms with E-state index in [9.17, 15) is 31.1 Å². The van der Waals surface area contributed by atoms with Crippen molar-refractivity contribution in [3.8, 4) is 0 Å². The van der Waals surface area contributed by atoms with Crippen molar-refractivity contribution in [3.63, 3.8) is 0 Å². The third-order valence-electron chi connectivity index (χ3n) is 3.45. The number of aromatic nitrogens is 2. The third kappa shape index (κ3) is 5.56. The molecule has 146 valence electrons. The van der Waals surface area contributed by atoms with Crippen LogP contribution in [0.3, 0.4) is 0 Å². The van der Waals surface area contributed by atoms with Crippen LogP contribution in [0.2, 0.25) is 0 Å². The van der Waals surface area contributed by atoms with Crippen LogP contribution in [-0.2, 0) is 12.4 Å². The number of anilines is 1. The molecule has 2 heterocycles. The Morgan fingerprint density at radius 3 is 2.33 bits per heavy atom. The Labute approximate surface area is 149 Å². The second kappa shape index (κ2) is 7.80. The number of pyridine rings is 2. The number of hydrogen-bond acceptors (Lipinski definition) is 3. The number of nitrogens with zero attached hydrogens (tertiary/aromatic N) is 1. The number of carbonyl (C=O) groups excluding carboxylic acids is 1. The first-order valence-corrected chi connectivity index (χ1v) is 7.65. The lowest BCUT2D eigenvalue weighted by molar-refractivity contribution is -0.412. The van der Waals surface area contributed by atoms with E-state index in [1.807, 2.05) is 0 Å². The van der Waals surface area contributed by atoms with E-state index in [0.717, 1.165) is 12.1 Å². The molecule has 0 atom stereocenters. The second-order valence-corrected chi connectivity index (χ2v) is 5.49. The summed E-state index contributed by atoms with van der Waals surface area (Å²) in [5.74, 6) is -0.532. The summed E-state index contributed by atoms with van der Waals surface area (Å²) in [7, 11) is 0. The van der Waals surface area contributed by atoms with E-state index < -0.39 is 29.6 Å². The monoisotopic (exact) mass is 393 g/mol.